The molecule has 1 aromatic heterocycles. The van der Waals surface area contributed by atoms with Crippen LogP contribution in [0.15, 0.2) is 52.9 Å². The molecule has 8 heteroatoms. The first-order chi connectivity index (χ1) is 11.8. The first kappa shape index (κ1) is 17.9. The minimum Gasteiger partial charge on any atom is -0.293 e. The van der Waals surface area contributed by atoms with E-state index in [0.29, 0.717) is 11.3 Å². The molecule has 25 heavy (non-hydrogen) atoms. The van der Waals surface area contributed by atoms with Crippen LogP contribution in [0.4, 0.5) is 5.69 Å². The second-order valence-corrected chi connectivity index (χ2v) is 9.89. The standard InChI is InChI=1S/C17H16N2O3S3/c1-11(23-17-18-14-5-3-4-6-15(14)24-17)16(20)12-7-9-13(10-8-12)19-25(2,21)22/h3-11,19H,1-2H3/t11-/m1/s1. The number of aromatic nitrogens is 1. The lowest BCUT2D eigenvalue weighted by Crippen LogP contribution is -2.14. The first-order valence-electron chi connectivity index (χ1n) is 7.46. The number of hydrogen-bond donors (Lipinski definition) is 1. The van der Waals surface area contributed by atoms with Gasteiger partial charge in [0.05, 0.1) is 21.7 Å². The van der Waals surface area contributed by atoms with Crippen LogP contribution in [0.25, 0.3) is 10.2 Å². The van der Waals surface area contributed by atoms with E-state index in [1.54, 1.807) is 35.6 Å². The van der Waals surface area contributed by atoms with Gasteiger partial charge in [-0.05, 0) is 43.3 Å². The number of benzene rings is 2. The van der Waals surface area contributed by atoms with Gasteiger partial charge in [0.25, 0.3) is 0 Å². The van der Waals surface area contributed by atoms with Crippen molar-refractivity contribution in [1.29, 1.82) is 0 Å². The number of nitrogens with one attached hydrogen (secondary N) is 1. The summed E-state index contributed by atoms with van der Waals surface area (Å²) in [4.78, 5) is 17.1. The Morgan fingerprint density at radius 2 is 1.84 bits per heavy atom. The third-order valence-corrected chi connectivity index (χ3v) is 6.23. The summed E-state index contributed by atoms with van der Waals surface area (Å²) in [6, 6.07) is 14.3. The second kappa shape index (κ2) is 7.15. The highest BCUT2D eigenvalue weighted by Gasteiger charge is 2.18. The number of Topliss-reactive ketones (excluding diaryl/α,β-unsaturated/α-hetero) is 1. The molecule has 1 heterocycles. The predicted molar refractivity (Wildman–Crippen MR) is 104 cm³/mol. The van der Waals surface area contributed by atoms with Crippen LogP contribution in [0.3, 0.4) is 0 Å². The Morgan fingerprint density at radius 1 is 1.16 bits per heavy atom. The summed E-state index contributed by atoms with van der Waals surface area (Å²) < 4.78 is 26.8. The average Bonchev–Trinajstić information content (AvgIpc) is 2.95. The minimum absolute atomic E-state index is 0.0184. The number of sulfonamides is 1. The first-order valence-corrected chi connectivity index (χ1v) is 11.0. The molecular weight excluding hydrogens is 376 g/mol. The molecule has 0 amide bonds. The Balaban J connectivity index is 1.71. The van der Waals surface area contributed by atoms with Crippen LogP contribution < -0.4 is 4.72 Å². The number of thioether (sulfide) groups is 1. The third-order valence-electron chi connectivity index (χ3n) is 3.39. The molecule has 0 fully saturated rings. The lowest BCUT2D eigenvalue weighted by Gasteiger charge is -2.09. The van der Waals surface area contributed by atoms with Crippen molar-refractivity contribution >= 4 is 54.8 Å². The molecule has 0 unspecified atom stereocenters. The molecule has 0 aliphatic heterocycles. The number of para-hydroxylation sites is 1. The van der Waals surface area contributed by atoms with Crippen molar-refractivity contribution in [2.24, 2.45) is 0 Å². The summed E-state index contributed by atoms with van der Waals surface area (Å²) in [6.45, 7) is 1.85. The second-order valence-electron chi connectivity index (χ2n) is 5.52. The summed E-state index contributed by atoms with van der Waals surface area (Å²) >= 11 is 3.00. The van der Waals surface area contributed by atoms with Gasteiger partial charge in [0, 0.05) is 11.3 Å². The fraction of sp³-hybridized carbons (Fsp3) is 0.176. The maximum Gasteiger partial charge on any atom is 0.229 e. The van der Waals surface area contributed by atoms with Gasteiger partial charge in [-0.2, -0.15) is 0 Å². The van der Waals surface area contributed by atoms with E-state index < -0.39 is 10.0 Å². The Bertz CT molecular complexity index is 978. The van der Waals surface area contributed by atoms with E-state index in [9.17, 15) is 13.2 Å². The molecule has 3 aromatic rings. The minimum atomic E-state index is -3.33. The van der Waals surface area contributed by atoms with Crippen LogP contribution >= 0.6 is 23.1 Å². The molecule has 0 bridgehead atoms. The van der Waals surface area contributed by atoms with E-state index in [0.717, 1.165) is 20.8 Å². The molecule has 0 aliphatic rings. The number of fused-ring (bicyclic) bond motifs is 1. The normalized spacial score (nSPS) is 12.9. The highest BCUT2D eigenvalue weighted by atomic mass is 32.2. The molecule has 0 radical (unpaired) electrons. The van der Waals surface area contributed by atoms with Crippen molar-refractivity contribution < 1.29 is 13.2 Å². The summed E-state index contributed by atoms with van der Waals surface area (Å²) in [5, 5.41) is -0.283. The van der Waals surface area contributed by atoms with E-state index in [-0.39, 0.29) is 11.0 Å². The molecule has 2 aromatic carbocycles. The number of ketones is 1. The number of nitrogens with zero attached hydrogens (tertiary/aromatic N) is 1. The zero-order valence-electron chi connectivity index (χ0n) is 13.6. The van der Waals surface area contributed by atoms with Crippen molar-refractivity contribution in [2.45, 2.75) is 16.5 Å². The molecule has 0 saturated heterocycles. The molecule has 0 aliphatic carbocycles. The average molecular weight is 393 g/mol. The third kappa shape index (κ3) is 4.59. The predicted octanol–water partition coefficient (Wildman–Crippen LogP) is 4.03. The van der Waals surface area contributed by atoms with Crippen molar-refractivity contribution in [1.82, 2.24) is 4.98 Å². The largest absolute Gasteiger partial charge is 0.293 e. The SMILES string of the molecule is C[C@@H](Sc1nc2ccccc2s1)C(=O)c1ccc(NS(C)(=O)=O)cc1. The summed E-state index contributed by atoms with van der Waals surface area (Å²) in [5.74, 6) is -0.0184. The van der Waals surface area contributed by atoms with Crippen molar-refractivity contribution in [3.63, 3.8) is 0 Å². The van der Waals surface area contributed by atoms with Crippen molar-refractivity contribution in [3.8, 4) is 0 Å². The van der Waals surface area contributed by atoms with E-state index in [1.807, 2.05) is 31.2 Å². The Kier molecular flexibility index (Phi) is 5.12. The fourth-order valence-electron chi connectivity index (χ4n) is 2.26. The van der Waals surface area contributed by atoms with Crippen LogP contribution in [0.1, 0.15) is 17.3 Å². The monoisotopic (exact) mass is 392 g/mol. The highest BCUT2D eigenvalue weighted by Crippen LogP contribution is 2.33. The van der Waals surface area contributed by atoms with Gasteiger partial charge in [-0.1, -0.05) is 23.9 Å². The maximum absolute atomic E-state index is 12.6. The summed E-state index contributed by atoms with van der Waals surface area (Å²) in [7, 11) is -3.33. The lowest BCUT2D eigenvalue weighted by atomic mass is 10.1. The molecule has 0 saturated carbocycles. The van der Waals surface area contributed by atoms with Gasteiger partial charge in [-0.3, -0.25) is 9.52 Å². The van der Waals surface area contributed by atoms with Crippen molar-refractivity contribution in [2.75, 3.05) is 11.0 Å². The van der Waals surface area contributed by atoms with E-state index in [2.05, 4.69) is 9.71 Å². The Hall–Kier alpha value is -1.90. The number of anilines is 1. The van der Waals surface area contributed by atoms with Crippen LogP contribution in [-0.2, 0) is 10.0 Å². The van der Waals surface area contributed by atoms with Crippen LogP contribution in [0.2, 0.25) is 0 Å². The van der Waals surface area contributed by atoms with Gasteiger partial charge in [-0.15, -0.1) is 11.3 Å². The fourth-order valence-corrected chi connectivity index (χ4v) is 5.11. The van der Waals surface area contributed by atoms with Gasteiger partial charge >= 0.3 is 0 Å². The van der Waals surface area contributed by atoms with Crippen LogP contribution in [0, 0.1) is 0 Å². The Labute approximate surface area is 154 Å². The van der Waals surface area contributed by atoms with Crippen molar-refractivity contribution in [3.05, 3.63) is 54.1 Å². The highest BCUT2D eigenvalue weighted by molar-refractivity contribution is 8.02. The number of thiazole rings is 1. The molecule has 1 N–H and O–H groups in total. The number of carbonyl (C=O) groups excluding carboxylic acids is 1. The molecule has 5 nitrogen and oxygen atoms in total. The van der Waals surface area contributed by atoms with E-state index in [1.165, 1.54) is 11.8 Å². The summed E-state index contributed by atoms with van der Waals surface area (Å²) in [6.07, 6.45) is 1.09. The Morgan fingerprint density at radius 3 is 2.48 bits per heavy atom. The smallest absolute Gasteiger partial charge is 0.229 e. The zero-order valence-corrected chi connectivity index (χ0v) is 16.0. The van der Waals surface area contributed by atoms with Gasteiger partial charge in [0.15, 0.2) is 10.1 Å². The van der Waals surface area contributed by atoms with Gasteiger partial charge in [0.2, 0.25) is 10.0 Å². The molecule has 3 rings (SSSR count). The quantitative estimate of drug-likeness (QED) is 0.506. The van der Waals surface area contributed by atoms with Gasteiger partial charge in [0.1, 0.15) is 0 Å². The van der Waals surface area contributed by atoms with Gasteiger partial charge in [-0.25, -0.2) is 13.4 Å². The molecule has 0 spiro atoms. The molecule has 1 atom stereocenters. The lowest BCUT2D eigenvalue weighted by molar-refractivity contribution is 0.0994. The molecule has 130 valence electrons. The number of rotatable bonds is 6. The zero-order chi connectivity index (χ0) is 18.0. The number of hydrogen-bond acceptors (Lipinski definition) is 6. The van der Waals surface area contributed by atoms with Crippen LogP contribution in [-0.4, -0.2) is 30.7 Å². The van der Waals surface area contributed by atoms with Gasteiger partial charge < -0.3 is 0 Å². The number of carbonyl (C=O) groups is 1. The van der Waals surface area contributed by atoms with Crippen LogP contribution in [0.5, 0.6) is 0 Å². The topological polar surface area (TPSA) is 76.1 Å². The summed E-state index contributed by atoms with van der Waals surface area (Å²) in [5.41, 5.74) is 1.91. The van der Waals surface area contributed by atoms with E-state index >= 15 is 0 Å². The molecular formula is C17H16N2O3S3. The maximum atomic E-state index is 12.6. The van der Waals surface area contributed by atoms with E-state index in [4.69, 9.17) is 0 Å².